The van der Waals surface area contributed by atoms with Crippen molar-refractivity contribution in [3.8, 4) is 0 Å². The molecule has 1 amide bonds. The number of hydrogen-bond donors (Lipinski definition) is 1. The molecule has 0 atom stereocenters. The van der Waals surface area contributed by atoms with Gasteiger partial charge in [0.15, 0.2) is 5.82 Å². The van der Waals surface area contributed by atoms with E-state index < -0.39 is 0 Å². The monoisotopic (exact) mass is 338 g/mol. The summed E-state index contributed by atoms with van der Waals surface area (Å²) >= 11 is 0. The van der Waals surface area contributed by atoms with E-state index in [1.165, 1.54) is 12.1 Å². The van der Waals surface area contributed by atoms with Gasteiger partial charge in [-0.05, 0) is 30.3 Å². The maximum atomic E-state index is 13.3. The number of hydrogen-bond acceptors (Lipinski definition) is 5. The molecular weight excluding hydrogens is 323 g/mol. The van der Waals surface area contributed by atoms with Gasteiger partial charge in [0, 0.05) is 24.8 Å². The second-order valence-corrected chi connectivity index (χ2v) is 5.76. The number of carbonyl (C=O) groups is 1. The predicted molar refractivity (Wildman–Crippen MR) is 88.9 cm³/mol. The lowest BCUT2D eigenvalue weighted by Crippen LogP contribution is -2.36. The number of amides is 1. The topological polar surface area (TPSA) is 71.3 Å². The second-order valence-electron chi connectivity index (χ2n) is 5.76. The highest BCUT2D eigenvalue weighted by Crippen LogP contribution is 2.29. The average Bonchev–Trinajstić information content (AvgIpc) is 3.04. The number of anilines is 2. The van der Waals surface area contributed by atoms with Crippen LogP contribution < -0.4 is 5.32 Å². The first kappa shape index (κ1) is 15.3. The van der Waals surface area contributed by atoms with Gasteiger partial charge < -0.3 is 14.7 Å². The Balaban J connectivity index is 1.56. The third kappa shape index (κ3) is 3.08. The van der Waals surface area contributed by atoms with E-state index in [9.17, 15) is 9.18 Å². The van der Waals surface area contributed by atoms with Crippen LogP contribution in [0.3, 0.4) is 0 Å². The molecule has 1 aliphatic rings. The number of nitrogens with one attached hydrogen (secondary N) is 1. The summed E-state index contributed by atoms with van der Waals surface area (Å²) < 4.78 is 18.7. The Hall–Kier alpha value is -3.22. The highest BCUT2D eigenvalue weighted by Gasteiger charge is 2.28. The molecule has 0 aliphatic carbocycles. The van der Waals surface area contributed by atoms with Gasteiger partial charge in [-0.1, -0.05) is 17.3 Å². The molecule has 0 bridgehead atoms. The Kier molecular flexibility index (Phi) is 3.89. The molecule has 0 radical (unpaired) electrons. The third-order valence-electron chi connectivity index (χ3n) is 4.09. The van der Waals surface area contributed by atoms with E-state index in [0.717, 1.165) is 11.3 Å². The second kappa shape index (κ2) is 6.35. The van der Waals surface area contributed by atoms with Gasteiger partial charge in [-0.3, -0.25) is 9.78 Å². The number of halogens is 1. The largest absolute Gasteiger partial charge is 0.359 e. The fourth-order valence-corrected chi connectivity index (χ4v) is 2.83. The first-order chi connectivity index (χ1) is 12.2. The van der Waals surface area contributed by atoms with Crippen LogP contribution in [0.25, 0.3) is 0 Å². The molecular formula is C18H15FN4O2. The van der Waals surface area contributed by atoms with Crippen LogP contribution >= 0.6 is 0 Å². The Morgan fingerprint density at radius 3 is 2.96 bits per heavy atom. The summed E-state index contributed by atoms with van der Waals surface area (Å²) in [4.78, 5) is 18.4. The molecule has 0 spiro atoms. The van der Waals surface area contributed by atoms with Crippen molar-refractivity contribution in [3.05, 3.63) is 71.5 Å². The van der Waals surface area contributed by atoms with Gasteiger partial charge in [-0.25, -0.2) is 4.39 Å². The van der Waals surface area contributed by atoms with Gasteiger partial charge in [0.2, 0.25) is 0 Å². The number of pyridine rings is 1. The van der Waals surface area contributed by atoms with Crippen molar-refractivity contribution in [1.82, 2.24) is 15.0 Å². The fourth-order valence-electron chi connectivity index (χ4n) is 2.83. The quantitative estimate of drug-likeness (QED) is 0.794. The molecule has 1 aromatic carbocycles. The van der Waals surface area contributed by atoms with Crippen molar-refractivity contribution < 1.29 is 13.7 Å². The minimum absolute atomic E-state index is 0.135. The lowest BCUT2D eigenvalue weighted by atomic mass is 10.1. The van der Waals surface area contributed by atoms with Gasteiger partial charge in [-0.2, -0.15) is 0 Å². The molecule has 4 rings (SSSR count). The zero-order valence-electron chi connectivity index (χ0n) is 13.3. The number of rotatable bonds is 3. The van der Waals surface area contributed by atoms with Crippen molar-refractivity contribution in [2.45, 2.75) is 13.0 Å². The van der Waals surface area contributed by atoms with E-state index in [1.807, 2.05) is 0 Å². The van der Waals surface area contributed by atoms with E-state index >= 15 is 0 Å². The highest BCUT2D eigenvalue weighted by molar-refractivity contribution is 5.92. The van der Waals surface area contributed by atoms with Gasteiger partial charge in [-0.15, -0.1) is 0 Å². The molecule has 0 fully saturated rings. The van der Waals surface area contributed by atoms with Gasteiger partial charge in [0.1, 0.15) is 17.3 Å². The van der Waals surface area contributed by atoms with Crippen molar-refractivity contribution in [1.29, 1.82) is 0 Å². The van der Waals surface area contributed by atoms with Crippen molar-refractivity contribution in [3.63, 3.8) is 0 Å². The Labute approximate surface area is 143 Å². The summed E-state index contributed by atoms with van der Waals surface area (Å²) in [5.41, 5.74) is 1.78. The van der Waals surface area contributed by atoms with E-state index in [1.54, 1.807) is 41.4 Å². The normalized spacial score (nSPS) is 13.4. The summed E-state index contributed by atoms with van der Waals surface area (Å²) in [5, 5.41) is 7.08. The molecule has 2 aromatic heterocycles. The van der Waals surface area contributed by atoms with Crippen LogP contribution in [0.4, 0.5) is 15.9 Å². The molecule has 0 saturated heterocycles. The van der Waals surface area contributed by atoms with Crippen LogP contribution in [0.1, 0.15) is 21.8 Å². The molecule has 6 nitrogen and oxygen atoms in total. The van der Waals surface area contributed by atoms with Gasteiger partial charge in [0.05, 0.1) is 12.1 Å². The summed E-state index contributed by atoms with van der Waals surface area (Å²) in [6.07, 6.45) is 2.17. The molecule has 0 saturated carbocycles. The van der Waals surface area contributed by atoms with E-state index in [0.29, 0.717) is 36.7 Å². The molecule has 25 heavy (non-hydrogen) atoms. The lowest BCUT2D eigenvalue weighted by molar-refractivity contribution is 0.0723. The maximum absolute atomic E-state index is 13.3. The summed E-state index contributed by atoms with van der Waals surface area (Å²) in [6.45, 7) is 0.906. The van der Waals surface area contributed by atoms with Crippen LogP contribution in [0, 0.1) is 5.82 Å². The average molecular weight is 338 g/mol. The number of carbonyl (C=O) groups excluding carboxylic acids is 1. The molecule has 3 aromatic rings. The number of aromatic nitrogens is 2. The lowest BCUT2D eigenvalue weighted by Gasteiger charge is -2.25. The Morgan fingerprint density at radius 2 is 2.16 bits per heavy atom. The van der Waals surface area contributed by atoms with Crippen molar-refractivity contribution in [2.75, 3.05) is 11.9 Å². The SMILES string of the molecule is O=C(c1ccccn1)N1CCc2onc(Nc3cccc(F)c3)c2C1. The standard InChI is InChI=1S/C18H15FN4O2/c19-12-4-3-5-13(10-12)21-17-14-11-23(9-7-16(14)25-22-17)18(24)15-6-1-2-8-20-15/h1-6,8,10H,7,9,11H2,(H,21,22). The molecule has 1 aliphatic heterocycles. The van der Waals surface area contributed by atoms with Crippen LogP contribution in [-0.4, -0.2) is 27.5 Å². The third-order valence-corrected chi connectivity index (χ3v) is 4.09. The first-order valence-electron chi connectivity index (χ1n) is 7.91. The first-order valence-corrected chi connectivity index (χ1v) is 7.91. The number of nitrogens with zero attached hydrogens (tertiary/aromatic N) is 3. The van der Waals surface area contributed by atoms with E-state index in [4.69, 9.17) is 4.52 Å². The molecule has 3 heterocycles. The summed E-state index contributed by atoms with van der Waals surface area (Å²) in [6, 6.07) is 11.3. The number of fused-ring (bicyclic) bond motifs is 1. The molecule has 126 valence electrons. The van der Waals surface area contributed by atoms with Crippen LogP contribution in [0.5, 0.6) is 0 Å². The highest BCUT2D eigenvalue weighted by atomic mass is 19.1. The Bertz CT molecular complexity index is 910. The minimum atomic E-state index is -0.339. The zero-order valence-corrected chi connectivity index (χ0v) is 13.3. The minimum Gasteiger partial charge on any atom is -0.359 e. The summed E-state index contributed by atoms with van der Waals surface area (Å²) in [7, 11) is 0. The Morgan fingerprint density at radius 1 is 1.24 bits per heavy atom. The van der Waals surface area contributed by atoms with E-state index in [-0.39, 0.29) is 11.7 Å². The predicted octanol–water partition coefficient (Wildman–Crippen LogP) is 3.15. The van der Waals surface area contributed by atoms with Crippen LogP contribution in [0.15, 0.2) is 53.2 Å². The fraction of sp³-hybridized carbons (Fsp3) is 0.167. The molecule has 7 heteroatoms. The molecule has 0 unspecified atom stereocenters. The van der Waals surface area contributed by atoms with E-state index in [2.05, 4.69) is 15.5 Å². The molecule has 1 N–H and O–H groups in total. The smallest absolute Gasteiger partial charge is 0.272 e. The van der Waals surface area contributed by atoms with Gasteiger partial charge >= 0.3 is 0 Å². The van der Waals surface area contributed by atoms with Crippen LogP contribution in [-0.2, 0) is 13.0 Å². The zero-order chi connectivity index (χ0) is 17.2. The summed E-state index contributed by atoms with van der Waals surface area (Å²) in [5.74, 6) is 0.765. The maximum Gasteiger partial charge on any atom is 0.272 e. The van der Waals surface area contributed by atoms with Crippen LogP contribution in [0.2, 0.25) is 0 Å². The number of benzene rings is 1. The van der Waals surface area contributed by atoms with Crippen molar-refractivity contribution in [2.24, 2.45) is 0 Å². The van der Waals surface area contributed by atoms with Gasteiger partial charge in [0.25, 0.3) is 5.91 Å². The van der Waals surface area contributed by atoms with Crippen molar-refractivity contribution >= 4 is 17.4 Å².